The number of amides is 4. The van der Waals surface area contributed by atoms with E-state index < -0.39 is 50.1 Å². The van der Waals surface area contributed by atoms with Crippen LogP contribution in [0.1, 0.15) is 27.7 Å². The van der Waals surface area contributed by atoms with Crippen LogP contribution in [0, 0.1) is 0 Å². The third kappa shape index (κ3) is 127. The molecule has 0 aliphatic carbocycles. The summed E-state index contributed by atoms with van der Waals surface area (Å²) >= 11 is 0. The zero-order chi connectivity index (χ0) is 33.4. The van der Waals surface area contributed by atoms with E-state index in [-0.39, 0.29) is 66.3 Å². The molecule has 0 spiro atoms. The first-order chi connectivity index (χ1) is 18.0. The predicted molar refractivity (Wildman–Crippen MR) is 141 cm³/mol. The van der Waals surface area contributed by atoms with Crippen molar-refractivity contribution in [1.82, 2.24) is 9.80 Å². The summed E-state index contributed by atoms with van der Waals surface area (Å²) in [6.07, 6.45) is 0. The number of aliphatic carboxylic acids is 4. The Balaban J connectivity index is -0.0000000891. The molecule has 0 heterocycles. The summed E-state index contributed by atoms with van der Waals surface area (Å²) in [6.45, 7) is 4.17. The van der Waals surface area contributed by atoms with Crippen molar-refractivity contribution in [3.8, 4) is 0 Å². The number of carboxylic acids is 4. The zero-order valence-electron chi connectivity index (χ0n) is 24.1. The first kappa shape index (κ1) is 53.8. The van der Waals surface area contributed by atoms with Crippen LogP contribution >= 0.6 is 0 Å². The SMILES string of the molecule is CC(N)=O.CC(N)=O.CC(N)=O.CC(N)=O.NCCN.O=C(O)CN(CCN(CC(=O)O)CC(=O)O)CC(=O)O.[Na+]. The van der Waals surface area contributed by atoms with Crippen LogP contribution in [0.25, 0.3) is 0 Å². The van der Waals surface area contributed by atoms with Gasteiger partial charge in [0.2, 0.25) is 23.6 Å². The number of primary amides is 4. The fourth-order valence-electron chi connectivity index (χ4n) is 1.48. The number of hydrogen-bond donors (Lipinski definition) is 10. The summed E-state index contributed by atoms with van der Waals surface area (Å²) in [5.41, 5.74) is 27.7. The van der Waals surface area contributed by atoms with E-state index in [1.54, 1.807) is 0 Å². The zero-order valence-corrected chi connectivity index (χ0v) is 26.1. The van der Waals surface area contributed by atoms with E-state index in [1.165, 1.54) is 27.7 Å². The first-order valence-corrected chi connectivity index (χ1v) is 10.8. The monoisotopic (exact) mass is 611 g/mol. The second-order valence-corrected chi connectivity index (χ2v) is 7.02. The Morgan fingerprint density at radius 1 is 0.463 bits per heavy atom. The van der Waals surface area contributed by atoms with E-state index in [0.717, 1.165) is 9.80 Å². The van der Waals surface area contributed by atoms with Crippen molar-refractivity contribution in [3.05, 3.63) is 0 Å². The van der Waals surface area contributed by atoms with Crippen LogP contribution in [0.4, 0.5) is 0 Å². The van der Waals surface area contributed by atoms with E-state index in [4.69, 9.17) is 31.9 Å². The Morgan fingerprint density at radius 2 is 0.585 bits per heavy atom. The number of carbonyl (C=O) groups excluding carboxylic acids is 4. The van der Waals surface area contributed by atoms with Crippen LogP contribution in [0.3, 0.4) is 0 Å². The molecule has 0 fully saturated rings. The van der Waals surface area contributed by atoms with Crippen molar-refractivity contribution in [2.24, 2.45) is 34.4 Å². The molecule has 0 rings (SSSR count). The van der Waals surface area contributed by atoms with E-state index in [1.807, 2.05) is 0 Å². The Hall–Kier alpha value is -3.40. The van der Waals surface area contributed by atoms with Gasteiger partial charge >= 0.3 is 53.4 Å². The van der Waals surface area contributed by atoms with Gasteiger partial charge in [-0.25, -0.2) is 0 Å². The van der Waals surface area contributed by atoms with Crippen molar-refractivity contribution in [1.29, 1.82) is 0 Å². The van der Waals surface area contributed by atoms with Gasteiger partial charge in [-0.15, -0.1) is 0 Å². The molecule has 0 aliphatic heterocycles. The van der Waals surface area contributed by atoms with Crippen molar-refractivity contribution in [2.45, 2.75) is 27.7 Å². The summed E-state index contributed by atoms with van der Waals surface area (Å²) in [5, 5.41) is 34.5. The molecular weight excluding hydrogens is 567 g/mol. The molecule has 0 saturated heterocycles. The number of hydrogen-bond acceptors (Lipinski definition) is 12. The molecule has 0 aliphatic rings. The Bertz CT molecular complexity index is 639. The third-order valence-corrected chi connectivity index (χ3v) is 2.33. The minimum atomic E-state index is -1.23. The van der Waals surface area contributed by atoms with Gasteiger partial charge in [0, 0.05) is 53.9 Å². The standard InChI is InChI=1S/C10H16N2O8.C2H8N2.4C2H5NO.Na/c13-7(14)3-11(4-8(15)16)1-2-12(5-9(17)18)6-10(19)20;3-1-2-4;4*1-2(3)4;/h1-6H2,(H,13,14)(H,15,16)(H,17,18)(H,19,20);1-4H2;4*1H3,(H2,3,4);/q;;;;;;+1. The smallest absolute Gasteiger partial charge is 0.480 e. The van der Waals surface area contributed by atoms with Gasteiger partial charge in [-0.3, -0.25) is 48.2 Å². The molecule has 0 unspecified atom stereocenters. The number of carbonyl (C=O) groups is 8. The largest absolute Gasteiger partial charge is 1.00 e. The Morgan fingerprint density at radius 3 is 0.659 bits per heavy atom. The predicted octanol–water partition coefficient (Wildman–Crippen LogP) is -8.20. The van der Waals surface area contributed by atoms with Crippen molar-refractivity contribution >= 4 is 47.5 Å². The average Bonchev–Trinajstić information content (AvgIpc) is 2.68. The van der Waals surface area contributed by atoms with E-state index in [0.29, 0.717) is 13.1 Å². The molecule has 20 nitrogen and oxygen atoms in total. The molecule has 41 heavy (non-hydrogen) atoms. The van der Waals surface area contributed by atoms with Crippen molar-refractivity contribution in [2.75, 3.05) is 52.4 Å². The molecule has 0 radical (unpaired) electrons. The Labute approximate surface area is 259 Å². The molecule has 0 atom stereocenters. The molecular formula is C20H44N8NaO12+. The minimum Gasteiger partial charge on any atom is -0.480 e. The van der Waals surface area contributed by atoms with Gasteiger partial charge in [0.1, 0.15) is 0 Å². The minimum absolute atomic E-state index is 0. The van der Waals surface area contributed by atoms with Gasteiger partial charge in [0.05, 0.1) is 26.2 Å². The maximum atomic E-state index is 10.6. The average molecular weight is 612 g/mol. The van der Waals surface area contributed by atoms with Crippen LogP contribution in [-0.4, -0.2) is 130 Å². The Kier molecular flexibility index (Phi) is 50.8. The van der Waals surface area contributed by atoms with Gasteiger partial charge in [-0.05, 0) is 0 Å². The summed E-state index contributed by atoms with van der Waals surface area (Å²) in [7, 11) is 0. The molecule has 0 aromatic carbocycles. The number of carboxylic acid groups (broad SMARTS) is 4. The van der Waals surface area contributed by atoms with Gasteiger partial charge in [0.25, 0.3) is 0 Å². The maximum Gasteiger partial charge on any atom is 1.00 e. The summed E-state index contributed by atoms with van der Waals surface area (Å²) in [5.74, 6) is -6.24. The normalized spacial score (nSPS) is 8.39. The topological polar surface area (TPSA) is 380 Å². The maximum absolute atomic E-state index is 10.6. The first-order valence-electron chi connectivity index (χ1n) is 10.8. The van der Waals surface area contributed by atoms with Crippen LogP contribution in [-0.2, 0) is 38.4 Å². The van der Waals surface area contributed by atoms with Crippen LogP contribution < -0.4 is 64.0 Å². The number of rotatable bonds is 12. The summed E-state index contributed by atoms with van der Waals surface area (Å²) in [4.78, 5) is 81.3. The third-order valence-electron chi connectivity index (χ3n) is 2.33. The van der Waals surface area contributed by atoms with E-state index in [2.05, 4.69) is 22.9 Å². The molecule has 236 valence electrons. The molecule has 0 aromatic heterocycles. The molecule has 21 heteroatoms. The van der Waals surface area contributed by atoms with Crippen LogP contribution in [0.15, 0.2) is 0 Å². The van der Waals surface area contributed by atoms with E-state index >= 15 is 0 Å². The second-order valence-electron chi connectivity index (χ2n) is 7.02. The molecule has 4 amide bonds. The summed E-state index contributed by atoms with van der Waals surface area (Å²) < 4.78 is 0. The van der Waals surface area contributed by atoms with Crippen LogP contribution in [0.2, 0.25) is 0 Å². The van der Waals surface area contributed by atoms with E-state index in [9.17, 15) is 38.4 Å². The quantitative estimate of drug-likeness (QED) is 0.0915. The molecule has 0 bridgehead atoms. The summed E-state index contributed by atoms with van der Waals surface area (Å²) in [6, 6.07) is 0. The second kappa shape index (κ2) is 38.7. The van der Waals surface area contributed by atoms with Crippen molar-refractivity contribution in [3.63, 3.8) is 0 Å². The van der Waals surface area contributed by atoms with Gasteiger partial charge < -0.3 is 54.8 Å². The number of nitrogens with two attached hydrogens (primary N) is 6. The molecule has 0 saturated carbocycles. The van der Waals surface area contributed by atoms with Crippen LogP contribution in [0.5, 0.6) is 0 Å². The molecule has 16 N–H and O–H groups in total. The van der Waals surface area contributed by atoms with Gasteiger partial charge in [-0.2, -0.15) is 0 Å². The van der Waals surface area contributed by atoms with Gasteiger partial charge in [0.15, 0.2) is 0 Å². The fraction of sp³-hybridized carbons (Fsp3) is 0.600. The van der Waals surface area contributed by atoms with Gasteiger partial charge in [-0.1, -0.05) is 0 Å². The van der Waals surface area contributed by atoms with Crippen molar-refractivity contribution < 1.29 is 88.3 Å². The molecule has 0 aromatic rings. The number of nitrogens with zero attached hydrogens (tertiary/aromatic N) is 2. The fourth-order valence-corrected chi connectivity index (χ4v) is 1.48.